The number of ether oxygens (including phenoxy) is 2. The molecule has 3 aromatic rings. The quantitative estimate of drug-likeness (QED) is 0.746. The minimum absolute atomic E-state index is 0.362. The van der Waals surface area contributed by atoms with Crippen LogP contribution in [-0.2, 0) is 11.2 Å². The molecule has 118 valence electrons. The molecule has 1 fully saturated rings. The Hall–Kier alpha value is -2.33. The number of aryl methyl sites for hydroxylation is 2. The predicted octanol–water partition coefficient (Wildman–Crippen LogP) is 3.80. The Morgan fingerprint density at radius 2 is 2.00 bits per heavy atom. The van der Waals surface area contributed by atoms with Crippen LogP contribution in [0.15, 0.2) is 30.5 Å². The highest BCUT2D eigenvalue weighted by Crippen LogP contribution is 2.34. The summed E-state index contributed by atoms with van der Waals surface area (Å²) in [5, 5.41) is 1.29. The molecule has 1 saturated heterocycles. The average molecular weight is 308 g/mol. The van der Waals surface area contributed by atoms with Crippen LogP contribution in [0, 0.1) is 13.8 Å². The molecule has 1 atom stereocenters. The van der Waals surface area contributed by atoms with Gasteiger partial charge in [-0.05, 0) is 49.2 Å². The number of methoxy groups -OCH3 is 1. The second-order valence-electron chi connectivity index (χ2n) is 6.15. The van der Waals surface area contributed by atoms with Crippen LogP contribution in [0.5, 0.6) is 5.75 Å². The zero-order valence-corrected chi connectivity index (χ0v) is 13.6. The van der Waals surface area contributed by atoms with E-state index in [0.717, 1.165) is 35.6 Å². The SMILES string of the molecule is COc1ccc(-c2ncc(CC3CO3)c3c(C)c(C)[nH]c23)cc1. The summed E-state index contributed by atoms with van der Waals surface area (Å²) < 4.78 is 10.6. The van der Waals surface area contributed by atoms with Crippen molar-refractivity contribution in [2.45, 2.75) is 26.4 Å². The molecule has 0 amide bonds. The lowest BCUT2D eigenvalue weighted by atomic mass is 10.0. The first-order chi connectivity index (χ1) is 11.2. The van der Waals surface area contributed by atoms with Gasteiger partial charge >= 0.3 is 0 Å². The van der Waals surface area contributed by atoms with Gasteiger partial charge in [0.15, 0.2) is 0 Å². The van der Waals surface area contributed by atoms with E-state index in [9.17, 15) is 0 Å². The first-order valence-corrected chi connectivity index (χ1v) is 7.90. The van der Waals surface area contributed by atoms with Crippen LogP contribution in [0.1, 0.15) is 16.8 Å². The van der Waals surface area contributed by atoms with E-state index < -0.39 is 0 Å². The summed E-state index contributed by atoms with van der Waals surface area (Å²) in [4.78, 5) is 8.26. The lowest BCUT2D eigenvalue weighted by Gasteiger charge is -2.08. The standard InChI is InChI=1S/C19H20N2O2/c1-11-12(2)21-19-17(11)14(8-16-10-23-16)9-20-18(19)13-4-6-15(22-3)7-5-13/h4-7,9,16,21H,8,10H2,1-3H3. The number of nitrogens with zero attached hydrogens (tertiary/aromatic N) is 1. The lowest BCUT2D eigenvalue weighted by molar-refractivity contribution is 0.408. The highest BCUT2D eigenvalue weighted by molar-refractivity contribution is 5.97. The molecule has 0 spiro atoms. The number of aromatic amines is 1. The Bertz CT molecular complexity index is 861. The molecule has 1 aliphatic rings. The van der Waals surface area contributed by atoms with Crippen molar-refractivity contribution in [3.63, 3.8) is 0 Å². The second-order valence-corrected chi connectivity index (χ2v) is 6.15. The Morgan fingerprint density at radius 3 is 2.65 bits per heavy atom. The van der Waals surface area contributed by atoms with E-state index in [1.807, 2.05) is 18.3 Å². The summed E-state index contributed by atoms with van der Waals surface area (Å²) in [7, 11) is 1.68. The minimum atomic E-state index is 0.362. The number of benzene rings is 1. The summed E-state index contributed by atoms with van der Waals surface area (Å²) in [6.07, 6.45) is 3.30. The van der Waals surface area contributed by atoms with Crippen molar-refractivity contribution in [2.24, 2.45) is 0 Å². The molecule has 0 bridgehead atoms. The van der Waals surface area contributed by atoms with Gasteiger partial charge in [0.1, 0.15) is 5.75 Å². The molecule has 1 N–H and O–H groups in total. The molecule has 1 unspecified atom stereocenters. The summed E-state index contributed by atoms with van der Waals surface area (Å²) in [5.41, 5.74) is 6.95. The number of fused-ring (bicyclic) bond motifs is 1. The fraction of sp³-hybridized carbons (Fsp3) is 0.316. The third kappa shape index (κ3) is 2.49. The fourth-order valence-electron chi connectivity index (χ4n) is 3.12. The summed E-state index contributed by atoms with van der Waals surface area (Å²) in [6, 6.07) is 8.04. The molecule has 0 radical (unpaired) electrons. The van der Waals surface area contributed by atoms with Crippen LogP contribution in [0.2, 0.25) is 0 Å². The van der Waals surface area contributed by atoms with Crippen molar-refractivity contribution in [3.05, 3.63) is 47.3 Å². The van der Waals surface area contributed by atoms with Crippen LogP contribution in [-0.4, -0.2) is 29.8 Å². The molecule has 4 nitrogen and oxygen atoms in total. The molecule has 0 aliphatic carbocycles. The molecule has 4 heteroatoms. The van der Waals surface area contributed by atoms with Gasteiger partial charge in [-0.3, -0.25) is 4.98 Å². The van der Waals surface area contributed by atoms with Crippen LogP contribution >= 0.6 is 0 Å². The average Bonchev–Trinajstić information content (AvgIpc) is 3.33. The number of pyridine rings is 1. The van der Waals surface area contributed by atoms with Crippen LogP contribution in [0.25, 0.3) is 22.2 Å². The molecule has 3 heterocycles. The van der Waals surface area contributed by atoms with E-state index in [0.29, 0.717) is 6.10 Å². The van der Waals surface area contributed by atoms with Crippen LogP contribution in [0.4, 0.5) is 0 Å². The van der Waals surface area contributed by atoms with Gasteiger partial charge in [0.25, 0.3) is 0 Å². The monoisotopic (exact) mass is 308 g/mol. The van der Waals surface area contributed by atoms with Crippen molar-refractivity contribution >= 4 is 10.9 Å². The smallest absolute Gasteiger partial charge is 0.118 e. The zero-order valence-electron chi connectivity index (χ0n) is 13.6. The number of hydrogen-bond donors (Lipinski definition) is 1. The molecule has 23 heavy (non-hydrogen) atoms. The van der Waals surface area contributed by atoms with Gasteiger partial charge in [0.05, 0.1) is 31.0 Å². The molecule has 1 aliphatic heterocycles. The number of hydrogen-bond acceptors (Lipinski definition) is 3. The molecular formula is C19H20N2O2. The first-order valence-electron chi connectivity index (χ1n) is 7.90. The number of rotatable bonds is 4. The van der Waals surface area contributed by atoms with E-state index in [1.165, 1.54) is 22.2 Å². The van der Waals surface area contributed by atoms with Gasteiger partial charge in [0.2, 0.25) is 0 Å². The van der Waals surface area contributed by atoms with Gasteiger partial charge < -0.3 is 14.5 Å². The van der Waals surface area contributed by atoms with Gasteiger partial charge in [-0.1, -0.05) is 0 Å². The van der Waals surface area contributed by atoms with Crippen molar-refractivity contribution in [2.75, 3.05) is 13.7 Å². The third-order valence-electron chi connectivity index (χ3n) is 4.62. The number of aromatic nitrogens is 2. The first kappa shape index (κ1) is 14.3. The highest BCUT2D eigenvalue weighted by Gasteiger charge is 2.25. The maximum absolute atomic E-state index is 5.40. The predicted molar refractivity (Wildman–Crippen MR) is 91.0 cm³/mol. The molecular weight excluding hydrogens is 288 g/mol. The van der Waals surface area contributed by atoms with E-state index in [1.54, 1.807) is 7.11 Å². The Balaban J connectivity index is 1.88. The zero-order chi connectivity index (χ0) is 16.0. The van der Waals surface area contributed by atoms with E-state index in [-0.39, 0.29) is 0 Å². The van der Waals surface area contributed by atoms with Gasteiger partial charge in [0, 0.05) is 29.3 Å². The van der Waals surface area contributed by atoms with E-state index in [4.69, 9.17) is 14.5 Å². The Kier molecular flexibility index (Phi) is 3.34. The van der Waals surface area contributed by atoms with E-state index >= 15 is 0 Å². The third-order valence-corrected chi connectivity index (χ3v) is 4.62. The fourth-order valence-corrected chi connectivity index (χ4v) is 3.12. The number of nitrogens with one attached hydrogen (secondary N) is 1. The van der Waals surface area contributed by atoms with Gasteiger partial charge in [-0.15, -0.1) is 0 Å². The van der Waals surface area contributed by atoms with Crippen molar-refractivity contribution < 1.29 is 9.47 Å². The molecule has 0 saturated carbocycles. The topological polar surface area (TPSA) is 50.4 Å². The van der Waals surface area contributed by atoms with Crippen LogP contribution < -0.4 is 4.74 Å². The second kappa shape index (κ2) is 5.39. The maximum Gasteiger partial charge on any atom is 0.118 e. The minimum Gasteiger partial charge on any atom is -0.497 e. The van der Waals surface area contributed by atoms with E-state index in [2.05, 4.69) is 31.0 Å². The molecule has 1 aromatic carbocycles. The van der Waals surface area contributed by atoms with Gasteiger partial charge in [-0.25, -0.2) is 0 Å². The number of H-pyrrole nitrogens is 1. The van der Waals surface area contributed by atoms with Crippen LogP contribution in [0.3, 0.4) is 0 Å². The Morgan fingerprint density at radius 1 is 1.26 bits per heavy atom. The highest BCUT2D eigenvalue weighted by atomic mass is 16.6. The summed E-state index contributed by atoms with van der Waals surface area (Å²) in [5.74, 6) is 0.853. The molecule has 4 rings (SSSR count). The maximum atomic E-state index is 5.40. The Labute approximate surface area is 135 Å². The van der Waals surface area contributed by atoms with Crippen molar-refractivity contribution in [1.82, 2.24) is 9.97 Å². The summed E-state index contributed by atoms with van der Waals surface area (Å²) in [6.45, 7) is 5.15. The van der Waals surface area contributed by atoms with Crippen molar-refractivity contribution in [3.8, 4) is 17.0 Å². The van der Waals surface area contributed by atoms with Gasteiger partial charge in [-0.2, -0.15) is 0 Å². The molecule has 2 aromatic heterocycles. The largest absolute Gasteiger partial charge is 0.497 e. The normalized spacial score (nSPS) is 16.7. The lowest BCUT2D eigenvalue weighted by Crippen LogP contribution is -1.97. The number of epoxide rings is 1. The van der Waals surface area contributed by atoms with Crippen molar-refractivity contribution in [1.29, 1.82) is 0 Å². The summed E-state index contributed by atoms with van der Waals surface area (Å²) >= 11 is 0.